The van der Waals surface area contributed by atoms with Gasteiger partial charge in [-0.3, -0.25) is 4.79 Å². The van der Waals surface area contributed by atoms with Gasteiger partial charge in [0.25, 0.3) is 5.91 Å². The number of rotatable bonds is 7. The minimum absolute atomic E-state index is 0.0266. The Morgan fingerprint density at radius 1 is 1.07 bits per heavy atom. The van der Waals surface area contributed by atoms with Gasteiger partial charge < -0.3 is 23.9 Å². The second-order valence-electron chi connectivity index (χ2n) is 5.98. The molecule has 8 nitrogen and oxygen atoms in total. The van der Waals surface area contributed by atoms with Crippen LogP contribution in [0, 0.1) is 6.92 Å². The Morgan fingerprint density at radius 2 is 1.83 bits per heavy atom. The number of benzene rings is 2. The van der Waals surface area contributed by atoms with Gasteiger partial charge in [-0.25, -0.2) is 9.78 Å². The van der Waals surface area contributed by atoms with Gasteiger partial charge in [0, 0.05) is 11.6 Å². The highest BCUT2D eigenvalue weighted by Gasteiger charge is 2.20. The van der Waals surface area contributed by atoms with E-state index in [9.17, 15) is 9.59 Å². The van der Waals surface area contributed by atoms with Gasteiger partial charge in [-0.2, -0.15) is 0 Å². The van der Waals surface area contributed by atoms with Crippen molar-refractivity contribution in [1.82, 2.24) is 4.98 Å². The molecule has 0 unspecified atom stereocenters. The second-order valence-corrected chi connectivity index (χ2v) is 5.98. The molecule has 3 rings (SSSR count). The Kier molecular flexibility index (Phi) is 6.13. The maximum absolute atomic E-state index is 12.3. The SMILES string of the molecule is COc1ccc(NC(=O)COC(=O)c2nc(-c3ccccc3)oc2C)c(OC)c1. The quantitative estimate of drug-likeness (QED) is 0.611. The van der Waals surface area contributed by atoms with E-state index >= 15 is 0 Å². The predicted octanol–water partition coefficient (Wildman–Crippen LogP) is 3.46. The van der Waals surface area contributed by atoms with Crippen LogP contribution in [0.25, 0.3) is 11.5 Å². The van der Waals surface area contributed by atoms with Gasteiger partial charge in [-0.15, -0.1) is 0 Å². The van der Waals surface area contributed by atoms with Gasteiger partial charge in [0.05, 0.1) is 19.9 Å². The Labute approximate surface area is 167 Å². The highest BCUT2D eigenvalue weighted by molar-refractivity contribution is 5.96. The predicted molar refractivity (Wildman–Crippen MR) is 105 cm³/mol. The second kappa shape index (κ2) is 8.92. The number of nitrogens with zero attached hydrogens (tertiary/aromatic N) is 1. The van der Waals surface area contributed by atoms with Crippen molar-refractivity contribution in [1.29, 1.82) is 0 Å². The number of amides is 1. The number of ether oxygens (including phenoxy) is 3. The first kappa shape index (κ1) is 19.9. The number of aromatic nitrogens is 1. The van der Waals surface area contributed by atoms with Crippen molar-refractivity contribution in [2.24, 2.45) is 0 Å². The number of anilines is 1. The minimum atomic E-state index is -0.745. The number of carbonyl (C=O) groups excluding carboxylic acids is 2. The first-order chi connectivity index (χ1) is 14.0. The van der Waals surface area contributed by atoms with Crippen LogP contribution in [0.5, 0.6) is 11.5 Å². The average molecular weight is 396 g/mol. The van der Waals surface area contributed by atoms with Crippen LogP contribution >= 0.6 is 0 Å². The van der Waals surface area contributed by atoms with E-state index in [-0.39, 0.29) is 5.69 Å². The van der Waals surface area contributed by atoms with Gasteiger partial charge in [0.2, 0.25) is 5.89 Å². The summed E-state index contributed by atoms with van der Waals surface area (Å²) in [5.74, 6) is 0.357. The molecule has 1 amide bonds. The molecule has 0 aliphatic heterocycles. The van der Waals surface area contributed by atoms with E-state index < -0.39 is 18.5 Å². The number of aryl methyl sites for hydroxylation is 1. The van der Waals surface area contributed by atoms with Crippen LogP contribution in [-0.2, 0) is 9.53 Å². The van der Waals surface area contributed by atoms with Crippen molar-refractivity contribution in [2.45, 2.75) is 6.92 Å². The molecule has 29 heavy (non-hydrogen) atoms. The standard InChI is InChI=1S/C21H20N2O6/c1-13-19(23-20(29-13)14-7-5-4-6-8-14)21(25)28-12-18(24)22-16-10-9-15(26-2)11-17(16)27-3/h4-11H,12H2,1-3H3,(H,22,24). The number of hydrogen-bond donors (Lipinski definition) is 1. The molecule has 1 heterocycles. The zero-order chi connectivity index (χ0) is 20.8. The third kappa shape index (κ3) is 4.73. The summed E-state index contributed by atoms with van der Waals surface area (Å²) < 4.78 is 20.9. The molecule has 0 radical (unpaired) electrons. The van der Waals surface area contributed by atoms with Crippen LogP contribution in [0.15, 0.2) is 52.9 Å². The summed E-state index contributed by atoms with van der Waals surface area (Å²) in [5.41, 5.74) is 1.19. The summed E-state index contributed by atoms with van der Waals surface area (Å²) in [7, 11) is 3.00. The normalized spacial score (nSPS) is 10.3. The molecule has 0 aliphatic rings. The maximum Gasteiger partial charge on any atom is 0.361 e. The monoisotopic (exact) mass is 396 g/mol. The summed E-state index contributed by atoms with van der Waals surface area (Å²) in [5, 5.41) is 2.62. The highest BCUT2D eigenvalue weighted by Crippen LogP contribution is 2.29. The zero-order valence-electron chi connectivity index (χ0n) is 16.2. The lowest BCUT2D eigenvalue weighted by molar-refractivity contribution is -0.119. The fourth-order valence-electron chi connectivity index (χ4n) is 2.58. The summed E-state index contributed by atoms with van der Waals surface area (Å²) in [4.78, 5) is 28.7. The van der Waals surface area contributed by atoms with E-state index in [0.29, 0.717) is 28.8 Å². The van der Waals surface area contributed by atoms with Crippen molar-refractivity contribution in [3.05, 3.63) is 60.0 Å². The summed E-state index contributed by atoms with van der Waals surface area (Å²) in [6, 6.07) is 14.1. The highest BCUT2D eigenvalue weighted by atomic mass is 16.5. The Bertz CT molecular complexity index is 1010. The molecular weight excluding hydrogens is 376 g/mol. The summed E-state index contributed by atoms with van der Waals surface area (Å²) in [6.45, 7) is 1.12. The molecule has 0 spiro atoms. The fourth-order valence-corrected chi connectivity index (χ4v) is 2.58. The smallest absolute Gasteiger partial charge is 0.361 e. The van der Waals surface area contributed by atoms with Crippen LogP contribution in [0.2, 0.25) is 0 Å². The van der Waals surface area contributed by atoms with Gasteiger partial charge in [0.1, 0.15) is 17.3 Å². The van der Waals surface area contributed by atoms with Crippen LogP contribution in [0.1, 0.15) is 16.2 Å². The van der Waals surface area contributed by atoms with E-state index in [1.54, 1.807) is 25.1 Å². The first-order valence-corrected chi connectivity index (χ1v) is 8.73. The number of esters is 1. The molecule has 2 aromatic carbocycles. The molecule has 0 atom stereocenters. The summed E-state index contributed by atoms with van der Waals surface area (Å²) >= 11 is 0. The topological polar surface area (TPSA) is 99.9 Å². The molecule has 8 heteroatoms. The van der Waals surface area contributed by atoms with E-state index in [1.165, 1.54) is 14.2 Å². The number of nitrogens with one attached hydrogen (secondary N) is 1. The van der Waals surface area contributed by atoms with Gasteiger partial charge in [-0.05, 0) is 31.2 Å². The van der Waals surface area contributed by atoms with Gasteiger partial charge in [-0.1, -0.05) is 18.2 Å². The number of oxazole rings is 1. The molecule has 1 N–H and O–H groups in total. The molecule has 0 fully saturated rings. The van der Waals surface area contributed by atoms with Crippen LogP contribution in [0.3, 0.4) is 0 Å². The lowest BCUT2D eigenvalue weighted by atomic mass is 10.2. The molecule has 3 aromatic rings. The zero-order valence-corrected chi connectivity index (χ0v) is 16.2. The minimum Gasteiger partial charge on any atom is -0.497 e. The third-order valence-corrected chi connectivity index (χ3v) is 4.03. The van der Waals surface area contributed by atoms with Crippen LogP contribution in [0.4, 0.5) is 5.69 Å². The lowest BCUT2D eigenvalue weighted by Crippen LogP contribution is -2.21. The fraction of sp³-hybridized carbons (Fsp3) is 0.190. The number of methoxy groups -OCH3 is 2. The van der Waals surface area contributed by atoms with Gasteiger partial charge >= 0.3 is 5.97 Å². The van der Waals surface area contributed by atoms with Crippen LogP contribution < -0.4 is 14.8 Å². The Morgan fingerprint density at radius 3 is 2.52 bits per heavy atom. The van der Waals surface area contributed by atoms with Gasteiger partial charge in [0.15, 0.2) is 12.3 Å². The Hall–Kier alpha value is -3.81. The molecule has 150 valence electrons. The Balaban J connectivity index is 1.62. The molecule has 1 aromatic heterocycles. The molecule has 0 bridgehead atoms. The van der Waals surface area contributed by atoms with Crippen molar-refractivity contribution in [3.8, 4) is 23.0 Å². The van der Waals surface area contributed by atoms with E-state index in [2.05, 4.69) is 10.3 Å². The number of carbonyl (C=O) groups is 2. The first-order valence-electron chi connectivity index (χ1n) is 8.73. The molecule has 0 saturated carbocycles. The van der Waals surface area contributed by atoms with E-state index in [4.69, 9.17) is 18.6 Å². The van der Waals surface area contributed by atoms with Crippen molar-refractivity contribution >= 4 is 17.6 Å². The maximum atomic E-state index is 12.3. The third-order valence-electron chi connectivity index (χ3n) is 4.03. The average Bonchev–Trinajstić information content (AvgIpc) is 3.14. The van der Waals surface area contributed by atoms with Crippen molar-refractivity contribution < 1.29 is 28.2 Å². The van der Waals surface area contributed by atoms with Crippen molar-refractivity contribution in [3.63, 3.8) is 0 Å². The summed E-state index contributed by atoms with van der Waals surface area (Å²) in [6.07, 6.45) is 0. The van der Waals surface area contributed by atoms with E-state index in [0.717, 1.165) is 5.56 Å². The number of hydrogen-bond acceptors (Lipinski definition) is 7. The molecular formula is C21H20N2O6. The van der Waals surface area contributed by atoms with Crippen molar-refractivity contribution in [2.75, 3.05) is 26.1 Å². The molecule has 0 aliphatic carbocycles. The van der Waals surface area contributed by atoms with Crippen LogP contribution in [-0.4, -0.2) is 37.7 Å². The van der Waals surface area contributed by atoms with E-state index in [1.807, 2.05) is 30.3 Å². The largest absolute Gasteiger partial charge is 0.497 e. The lowest BCUT2D eigenvalue weighted by Gasteiger charge is -2.11. The molecule has 0 saturated heterocycles.